The summed E-state index contributed by atoms with van der Waals surface area (Å²) in [5, 5.41) is 0. The molecule has 0 aromatic heterocycles. The van der Waals surface area contributed by atoms with Crippen LogP contribution in [0.15, 0.2) is 24.0 Å². The van der Waals surface area contributed by atoms with E-state index in [1.807, 2.05) is 0 Å². The Morgan fingerprint density at radius 2 is 2.32 bits per heavy atom. The van der Waals surface area contributed by atoms with Gasteiger partial charge in [-0.3, -0.25) is 0 Å². The van der Waals surface area contributed by atoms with E-state index < -0.39 is 0 Å². The zero-order chi connectivity index (χ0) is 15.8. The van der Waals surface area contributed by atoms with Gasteiger partial charge in [0, 0.05) is 19.4 Å². The monoisotopic (exact) mass is 310 g/mol. The second-order valence-corrected chi connectivity index (χ2v) is 5.49. The largest absolute Gasteiger partial charge is 0.490 e. The highest BCUT2D eigenvalue weighted by atomic mass is 16.7. The highest BCUT2D eigenvalue weighted by molar-refractivity contribution is 5.89. The number of ether oxygens (including phenoxy) is 4. The molecular formula is C17H26O5. The van der Waals surface area contributed by atoms with Crippen LogP contribution in [-0.2, 0) is 23.7 Å². The SMILES string of the molecule is C=CC1CC(C(=O)OCC)=C(CCCOC2CCCCO2)O1. The molecule has 2 atom stereocenters. The van der Waals surface area contributed by atoms with Crippen LogP contribution in [0, 0.1) is 0 Å². The Labute approximate surface area is 132 Å². The normalized spacial score (nSPS) is 25.0. The lowest BCUT2D eigenvalue weighted by Gasteiger charge is -2.22. The summed E-state index contributed by atoms with van der Waals surface area (Å²) in [5.74, 6) is 0.440. The lowest BCUT2D eigenvalue weighted by atomic mass is 10.1. The van der Waals surface area contributed by atoms with Crippen molar-refractivity contribution in [2.24, 2.45) is 0 Å². The molecule has 0 amide bonds. The number of esters is 1. The third kappa shape index (κ3) is 4.85. The molecule has 0 bridgehead atoms. The summed E-state index contributed by atoms with van der Waals surface area (Å²) >= 11 is 0. The molecule has 2 aliphatic rings. The fraction of sp³-hybridized carbons (Fsp3) is 0.706. The molecule has 0 N–H and O–H groups in total. The maximum Gasteiger partial charge on any atom is 0.337 e. The van der Waals surface area contributed by atoms with Crippen molar-refractivity contribution in [2.75, 3.05) is 19.8 Å². The van der Waals surface area contributed by atoms with Gasteiger partial charge in [-0.1, -0.05) is 12.7 Å². The summed E-state index contributed by atoms with van der Waals surface area (Å²) in [6.07, 6.45) is 6.77. The molecule has 0 aliphatic carbocycles. The topological polar surface area (TPSA) is 54.0 Å². The Morgan fingerprint density at radius 1 is 1.45 bits per heavy atom. The highest BCUT2D eigenvalue weighted by Gasteiger charge is 2.29. The first kappa shape index (κ1) is 17.0. The van der Waals surface area contributed by atoms with E-state index in [0.29, 0.717) is 31.6 Å². The summed E-state index contributed by atoms with van der Waals surface area (Å²) in [4.78, 5) is 12.0. The van der Waals surface area contributed by atoms with Gasteiger partial charge in [-0.05, 0) is 32.6 Å². The third-order valence-corrected chi connectivity index (χ3v) is 3.81. The van der Waals surface area contributed by atoms with E-state index in [9.17, 15) is 4.79 Å². The molecule has 0 aromatic carbocycles. The van der Waals surface area contributed by atoms with Gasteiger partial charge in [-0.25, -0.2) is 4.79 Å². The molecule has 2 rings (SSSR count). The van der Waals surface area contributed by atoms with Crippen molar-refractivity contribution in [3.63, 3.8) is 0 Å². The summed E-state index contributed by atoms with van der Waals surface area (Å²) in [7, 11) is 0. The van der Waals surface area contributed by atoms with Crippen molar-refractivity contribution in [1.29, 1.82) is 0 Å². The zero-order valence-corrected chi connectivity index (χ0v) is 13.3. The van der Waals surface area contributed by atoms with E-state index in [1.165, 1.54) is 0 Å². The molecular weight excluding hydrogens is 284 g/mol. The smallest absolute Gasteiger partial charge is 0.337 e. The molecule has 1 fully saturated rings. The van der Waals surface area contributed by atoms with Gasteiger partial charge < -0.3 is 18.9 Å². The van der Waals surface area contributed by atoms with Crippen molar-refractivity contribution in [1.82, 2.24) is 0 Å². The molecule has 0 radical (unpaired) electrons. The minimum absolute atomic E-state index is 0.0716. The first-order chi connectivity index (χ1) is 10.7. The van der Waals surface area contributed by atoms with Crippen molar-refractivity contribution in [2.45, 2.75) is 57.8 Å². The summed E-state index contributed by atoms with van der Waals surface area (Å²) in [6.45, 7) is 7.29. The van der Waals surface area contributed by atoms with Crippen LogP contribution in [0.3, 0.4) is 0 Å². The minimum atomic E-state index is -0.279. The van der Waals surface area contributed by atoms with Crippen molar-refractivity contribution in [3.05, 3.63) is 24.0 Å². The van der Waals surface area contributed by atoms with Crippen LogP contribution in [0.2, 0.25) is 0 Å². The van der Waals surface area contributed by atoms with Crippen LogP contribution >= 0.6 is 0 Å². The second kappa shape index (κ2) is 8.96. The Hall–Kier alpha value is -1.33. The fourth-order valence-electron chi connectivity index (χ4n) is 2.66. The fourth-order valence-corrected chi connectivity index (χ4v) is 2.66. The average Bonchev–Trinajstić information content (AvgIpc) is 2.96. The van der Waals surface area contributed by atoms with Crippen LogP contribution < -0.4 is 0 Å². The molecule has 0 aromatic rings. The van der Waals surface area contributed by atoms with Crippen LogP contribution in [0.25, 0.3) is 0 Å². The molecule has 124 valence electrons. The van der Waals surface area contributed by atoms with Crippen LogP contribution in [0.4, 0.5) is 0 Å². The number of allylic oxidation sites excluding steroid dienone is 1. The van der Waals surface area contributed by atoms with Gasteiger partial charge in [0.15, 0.2) is 6.29 Å². The Balaban J connectivity index is 1.78. The predicted molar refractivity (Wildman–Crippen MR) is 82.1 cm³/mol. The lowest BCUT2D eigenvalue weighted by Crippen LogP contribution is -2.22. The van der Waals surface area contributed by atoms with Crippen molar-refractivity contribution in [3.8, 4) is 0 Å². The molecule has 22 heavy (non-hydrogen) atoms. The van der Waals surface area contributed by atoms with Crippen LogP contribution in [0.5, 0.6) is 0 Å². The lowest BCUT2D eigenvalue weighted by molar-refractivity contribution is -0.162. The van der Waals surface area contributed by atoms with Crippen molar-refractivity contribution >= 4 is 5.97 Å². The molecule has 0 saturated carbocycles. The van der Waals surface area contributed by atoms with E-state index >= 15 is 0 Å². The van der Waals surface area contributed by atoms with Gasteiger partial charge in [-0.2, -0.15) is 0 Å². The third-order valence-electron chi connectivity index (χ3n) is 3.81. The molecule has 5 nitrogen and oxygen atoms in total. The predicted octanol–water partition coefficient (Wildman–Crippen LogP) is 3.10. The quantitative estimate of drug-likeness (QED) is 0.392. The Morgan fingerprint density at radius 3 is 3.00 bits per heavy atom. The zero-order valence-electron chi connectivity index (χ0n) is 13.3. The van der Waals surface area contributed by atoms with Crippen molar-refractivity contribution < 1.29 is 23.7 Å². The number of rotatable bonds is 8. The second-order valence-electron chi connectivity index (χ2n) is 5.49. The standard InChI is InChI=1S/C17H26O5/c1-3-13-12-14(17(18)19-4-2)15(22-13)8-7-11-21-16-9-5-6-10-20-16/h3,13,16H,1,4-12H2,2H3. The summed E-state index contributed by atoms with van der Waals surface area (Å²) < 4.78 is 22.1. The Kier molecular flexibility index (Phi) is 6.93. The Bertz CT molecular complexity index is 409. The van der Waals surface area contributed by atoms with Gasteiger partial charge in [0.1, 0.15) is 11.9 Å². The molecule has 2 aliphatic heterocycles. The van der Waals surface area contributed by atoms with Gasteiger partial charge in [-0.15, -0.1) is 0 Å². The number of carbonyl (C=O) groups is 1. The maximum absolute atomic E-state index is 12.0. The highest BCUT2D eigenvalue weighted by Crippen LogP contribution is 2.29. The van der Waals surface area contributed by atoms with E-state index in [-0.39, 0.29) is 18.4 Å². The molecule has 1 saturated heterocycles. The minimum Gasteiger partial charge on any atom is -0.490 e. The van der Waals surface area contributed by atoms with Gasteiger partial charge in [0.2, 0.25) is 0 Å². The van der Waals surface area contributed by atoms with E-state index in [2.05, 4.69) is 6.58 Å². The number of carbonyl (C=O) groups excluding carboxylic acids is 1. The first-order valence-corrected chi connectivity index (χ1v) is 8.16. The molecule has 5 heteroatoms. The van der Waals surface area contributed by atoms with Gasteiger partial charge >= 0.3 is 5.97 Å². The maximum atomic E-state index is 12.0. The number of hydrogen-bond acceptors (Lipinski definition) is 5. The van der Waals surface area contributed by atoms with E-state index in [0.717, 1.165) is 38.0 Å². The van der Waals surface area contributed by atoms with Gasteiger partial charge in [0.25, 0.3) is 0 Å². The average molecular weight is 310 g/mol. The molecule has 2 unspecified atom stereocenters. The van der Waals surface area contributed by atoms with Crippen LogP contribution in [0.1, 0.15) is 45.4 Å². The first-order valence-electron chi connectivity index (χ1n) is 8.16. The molecule has 2 heterocycles. The number of hydrogen-bond donors (Lipinski definition) is 0. The van der Waals surface area contributed by atoms with Crippen LogP contribution in [-0.4, -0.2) is 38.2 Å². The summed E-state index contributed by atoms with van der Waals surface area (Å²) in [5.41, 5.74) is 0.640. The van der Waals surface area contributed by atoms with Gasteiger partial charge in [0.05, 0.1) is 18.8 Å². The van der Waals surface area contributed by atoms with E-state index in [1.54, 1.807) is 13.0 Å². The van der Waals surface area contributed by atoms with E-state index in [4.69, 9.17) is 18.9 Å². The molecule has 0 spiro atoms. The summed E-state index contributed by atoms with van der Waals surface area (Å²) in [6, 6.07) is 0.